The topological polar surface area (TPSA) is 62.5 Å². The van der Waals surface area contributed by atoms with E-state index in [1.165, 1.54) is 0 Å². The van der Waals surface area contributed by atoms with E-state index in [0.29, 0.717) is 11.2 Å². The van der Waals surface area contributed by atoms with E-state index in [0.717, 1.165) is 47.9 Å². The first-order chi connectivity index (χ1) is 13.2. The van der Waals surface area contributed by atoms with Crippen molar-refractivity contribution in [3.05, 3.63) is 54.4 Å². The molecular formula is C21H21N5O. The summed E-state index contributed by atoms with van der Waals surface area (Å²) in [6, 6.07) is 12.1. The fourth-order valence-electron chi connectivity index (χ4n) is 3.97. The van der Waals surface area contributed by atoms with Crippen molar-refractivity contribution in [1.29, 1.82) is 0 Å². The summed E-state index contributed by atoms with van der Waals surface area (Å²) < 4.78 is 2.07. The Kier molecular flexibility index (Phi) is 3.79. The molecule has 5 rings (SSSR count). The number of likely N-dealkylation sites (tertiary alicyclic amines) is 1. The minimum Gasteiger partial charge on any atom is -0.349 e. The van der Waals surface area contributed by atoms with Gasteiger partial charge in [-0.15, -0.1) is 0 Å². The third kappa shape index (κ3) is 2.73. The summed E-state index contributed by atoms with van der Waals surface area (Å²) in [4.78, 5) is 24.4. The summed E-state index contributed by atoms with van der Waals surface area (Å²) in [5.74, 6) is -0.0596. The van der Waals surface area contributed by atoms with E-state index in [1.54, 1.807) is 12.4 Å². The van der Waals surface area contributed by atoms with Crippen molar-refractivity contribution < 1.29 is 4.79 Å². The first-order valence-electron chi connectivity index (χ1n) is 9.34. The van der Waals surface area contributed by atoms with E-state index in [-0.39, 0.29) is 11.9 Å². The Hall–Kier alpha value is -2.99. The fraction of sp³-hybridized carbons (Fsp3) is 0.286. The van der Waals surface area contributed by atoms with Crippen LogP contribution < -0.4 is 5.32 Å². The van der Waals surface area contributed by atoms with Crippen LogP contribution in [0.2, 0.25) is 0 Å². The monoisotopic (exact) mass is 359 g/mol. The van der Waals surface area contributed by atoms with Crippen LogP contribution in [0.5, 0.6) is 0 Å². The molecule has 0 unspecified atom stereocenters. The van der Waals surface area contributed by atoms with Crippen LogP contribution in [0, 0.1) is 0 Å². The van der Waals surface area contributed by atoms with Gasteiger partial charge >= 0.3 is 0 Å². The summed E-state index contributed by atoms with van der Waals surface area (Å²) in [7, 11) is 2.12. The zero-order chi connectivity index (χ0) is 18.4. The van der Waals surface area contributed by atoms with E-state index in [2.05, 4.69) is 26.6 Å². The lowest BCUT2D eigenvalue weighted by Gasteiger charge is -2.29. The zero-order valence-corrected chi connectivity index (χ0v) is 15.2. The molecule has 0 aliphatic carbocycles. The molecule has 4 heterocycles. The Labute approximate surface area is 156 Å². The highest BCUT2D eigenvalue weighted by Crippen LogP contribution is 2.26. The lowest BCUT2D eigenvalue weighted by atomic mass is 10.0. The van der Waals surface area contributed by atoms with Crippen molar-refractivity contribution in [3.8, 4) is 0 Å². The van der Waals surface area contributed by atoms with E-state index < -0.39 is 0 Å². The molecule has 0 saturated carbocycles. The Bertz CT molecular complexity index is 1160. The Morgan fingerprint density at radius 2 is 1.96 bits per heavy atom. The van der Waals surface area contributed by atoms with Gasteiger partial charge in [0.05, 0.1) is 22.1 Å². The fourth-order valence-corrected chi connectivity index (χ4v) is 3.97. The van der Waals surface area contributed by atoms with Crippen LogP contribution in [-0.2, 0) is 0 Å². The van der Waals surface area contributed by atoms with E-state index >= 15 is 0 Å². The van der Waals surface area contributed by atoms with Gasteiger partial charge in [0.25, 0.3) is 5.91 Å². The van der Waals surface area contributed by atoms with Gasteiger partial charge in [0.15, 0.2) is 5.65 Å². The highest BCUT2D eigenvalue weighted by molar-refractivity contribution is 6.06. The highest BCUT2D eigenvalue weighted by Gasteiger charge is 2.22. The van der Waals surface area contributed by atoms with E-state index in [4.69, 9.17) is 4.98 Å². The quantitative estimate of drug-likeness (QED) is 0.598. The highest BCUT2D eigenvalue weighted by atomic mass is 16.1. The third-order valence-corrected chi connectivity index (χ3v) is 5.47. The number of piperidine rings is 1. The standard InChI is InChI=1S/C21H21N5O/c1-25-10-7-15(8-11-25)23-21(27)16-12-14-13-22-9-6-18(14)26-19-5-3-2-4-17(19)24-20(16)26/h2-6,9,12-13,15H,7-8,10-11H2,1H3,(H,23,27). The Morgan fingerprint density at radius 3 is 2.81 bits per heavy atom. The van der Waals surface area contributed by atoms with Gasteiger partial charge in [0.1, 0.15) is 0 Å². The van der Waals surface area contributed by atoms with Crippen LogP contribution in [0.3, 0.4) is 0 Å². The largest absolute Gasteiger partial charge is 0.349 e. The van der Waals surface area contributed by atoms with Crippen LogP contribution >= 0.6 is 0 Å². The lowest BCUT2D eigenvalue weighted by molar-refractivity contribution is 0.0918. The second-order valence-corrected chi connectivity index (χ2v) is 7.30. The SMILES string of the molecule is CN1CCC(NC(=O)c2cc3cnccc3n3c2nc2ccccc23)CC1. The number of imidazole rings is 1. The van der Waals surface area contributed by atoms with Gasteiger partial charge in [0, 0.05) is 23.8 Å². The minimum absolute atomic E-state index is 0.0596. The van der Waals surface area contributed by atoms with Crippen molar-refractivity contribution in [2.45, 2.75) is 18.9 Å². The molecule has 3 aromatic heterocycles. The molecule has 1 N–H and O–H groups in total. The van der Waals surface area contributed by atoms with E-state index in [1.807, 2.05) is 36.4 Å². The van der Waals surface area contributed by atoms with Crippen molar-refractivity contribution in [1.82, 2.24) is 24.6 Å². The molecular weight excluding hydrogens is 338 g/mol. The molecule has 0 atom stereocenters. The molecule has 136 valence electrons. The number of carbonyl (C=O) groups is 1. The van der Waals surface area contributed by atoms with Crippen molar-refractivity contribution in [3.63, 3.8) is 0 Å². The molecule has 1 aliphatic heterocycles. The smallest absolute Gasteiger partial charge is 0.255 e. The average Bonchev–Trinajstić information content (AvgIpc) is 3.09. The number of carbonyl (C=O) groups excluding carboxylic acids is 1. The van der Waals surface area contributed by atoms with Crippen molar-refractivity contribution in [2.24, 2.45) is 0 Å². The third-order valence-electron chi connectivity index (χ3n) is 5.47. The number of aromatic nitrogens is 3. The van der Waals surface area contributed by atoms with Gasteiger partial charge in [-0.2, -0.15) is 0 Å². The van der Waals surface area contributed by atoms with Crippen LogP contribution in [-0.4, -0.2) is 51.4 Å². The first-order valence-corrected chi connectivity index (χ1v) is 9.34. The van der Waals surface area contributed by atoms with Crippen molar-refractivity contribution >= 4 is 33.5 Å². The molecule has 1 saturated heterocycles. The zero-order valence-electron chi connectivity index (χ0n) is 15.2. The lowest BCUT2D eigenvalue weighted by Crippen LogP contribution is -2.43. The predicted octanol–water partition coefficient (Wildman–Crippen LogP) is 2.86. The minimum atomic E-state index is -0.0596. The molecule has 1 amide bonds. The maximum atomic E-state index is 13.1. The molecule has 1 fully saturated rings. The predicted molar refractivity (Wildman–Crippen MR) is 106 cm³/mol. The number of pyridine rings is 2. The number of hydrogen-bond acceptors (Lipinski definition) is 4. The number of rotatable bonds is 2. The number of nitrogens with zero attached hydrogens (tertiary/aromatic N) is 4. The summed E-state index contributed by atoms with van der Waals surface area (Å²) in [6.07, 6.45) is 5.53. The summed E-state index contributed by atoms with van der Waals surface area (Å²) in [5, 5.41) is 4.15. The molecule has 0 bridgehead atoms. The van der Waals surface area contributed by atoms with Gasteiger partial charge in [-0.1, -0.05) is 12.1 Å². The number of amides is 1. The molecule has 0 spiro atoms. The first kappa shape index (κ1) is 16.2. The van der Waals surface area contributed by atoms with Crippen LogP contribution in [0.15, 0.2) is 48.8 Å². The maximum Gasteiger partial charge on any atom is 0.255 e. The molecule has 6 heteroatoms. The number of hydrogen-bond donors (Lipinski definition) is 1. The van der Waals surface area contributed by atoms with Gasteiger partial charge in [-0.3, -0.25) is 14.2 Å². The van der Waals surface area contributed by atoms with Gasteiger partial charge in [-0.25, -0.2) is 4.98 Å². The maximum absolute atomic E-state index is 13.1. The summed E-state index contributed by atoms with van der Waals surface area (Å²) in [5.41, 5.74) is 4.18. The number of para-hydroxylation sites is 2. The van der Waals surface area contributed by atoms with Crippen LogP contribution in [0.25, 0.3) is 27.6 Å². The molecule has 4 aromatic rings. The van der Waals surface area contributed by atoms with Gasteiger partial charge < -0.3 is 10.2 Å². The van der Waals surface area contributed by atoms with Crippen molar-refractivity contribution in [2.75, 3.05) is 20.1 Å². The van der Waals surface area contributed by atoms with E-state index in [9.17, 15) is 4.79 Å². The molecule has 6 nitrogen and oxygen atoms in total. The molecule has 0 radical (unpaired) electrons. The second kappa shape index (κ2) is 6.32. The molecule has 1 aromatic carbocycles. The second-order valence-electron chi connectivity index (χ2n) is 7.30. The summed E-state index contributed by atoms with van der Waals surface area (Å²) in [6.45, 7) is 2.02. The van der Waals surface area contributed by atoms with Crippen LogP contribution in [0.4, 0.5) is 0 Å². The Balaban J connectivity index is 1.65. The number of fused-ring (bicyclic) bond motifs is 5. The number of benzene rings is 1. The normalized spacial score (nSPS) is 16.3. The van der Waals surface area contributed by atoms with Gasteiger partial charge in [0.2, 0.25) is 0 Å². The summed E-state index contributed by atoms with van der Waals surface area (Å²) >= 11 is 0. The van der Waals surface area contributed by atoms with Crippen LogP contribution in [0.1, 0.15) is 23.2 Å². The Morgan fingerprint density at radius 1 is 1.15 bits per heavy atom. The number of nitrogens with one attached hydrogen (secondary N) is 1. The molecule has 1 aliphatic rings. The molecule has 27 heavy (non-hydrogen) atoms. The average molecular weight is 359 g/mol. The van der Waals surface area contributed by atoms with Gasteiger partial charge in [-0.05, 0) is 57.2 Å².